The van der Waals surface area contributed by atoms with Crippen LogP contribution in [-0.2, 0) is 11.2 Å². The van der Waals surface area contributed by atoms with Crippen molar-refractivity contribution in [3.63, 3.8) is 0 Å². The number of hydrogen-bond acceptors (Lipinski definition) is 2. The number of nitrogens with one attached hydrogen (secondary N) is 2. The molecule has 0 atom stereocenters. The van der Waals surface area contributed by atoms with Crippen LogP contribution in [0.1, 0.15) is 31.7 Å². The number of aryl methyl sites for hydroxylation is 1. The molecule has 0 saturated carbocycles. The van der Waals surface area contributed by atoms with E-state index >= 15 is 0 Å². The van der Waals surface area contributed by atoms with Gasteiger partial charge in [0, 0.05) is 13.0 Å². The second-order valence-electron chi connectivity index (χ2n) is 5.82. The number of halogens is 1. The van der Waals surface area contributed by atoms with E-state index < -0.39 is 0 Å². The van der Waals surface area contributed by atoms with Crippen LogP contribution >= 0.6 is 12.4 Å². The van der Waals surface area contributed by atoms with Crippen LogP contribution in [0.5, 0.6) is 0 Å². The minimum absolute atomic E-state index is 0. The Labute approximate surface area is 127 Å². The maximum atomic E-state index is 11.9. The van der Waals surface area contributed by atoms with Crippen LogP contribution in [0.15, 0.2) is 30.3 Å². The highest BCUT2D eigenvalue weighted by atomic mass is 35.5. The summed E-state index contributed by atoms with van der Waals surface area (Å²) in [5.74, 6) is 0.170. The lowest BCUT2D eigenvalue weighted by molar-refractivity contribution is -0.121. The zero-order valence-corrected chi connectivity index (χ0v) is 13.0. The van der Waals surface area contributed by atoms with Crippen molar-refractivity contribution in [2.24, 2.45) is 5.41 Å². The Bertz CT molecular complexity index is 402. The summed E-state index contributed by atoms with van der Waals surface area (Å²) < 4.78 is 0. The van der Waals surface area contributed by atoms with Gasteiger partial charge in [-0.25, -0.2) is 0 Å². The first-order valence-electron chi connectivity index (χ1n) is 7.19. The molecule has 1 aliphatic heterocycles. The molecule has 0 spiro atoms. The summed E-state index contributed by atoms with van der Waals surface area (Å²) in [7, 11) is 0. The zero-order valence-electron chi connectivity index (χ0n) is 12.2. The minimum atomic E-state index is 0. The van der Waals surface area contributed by atoms with Gasteiger partial charge in [0.2, 0.25) is 5.91 Å². The second kappa shape index (κ2) is 8.28. The SMILES string of the molecule is CC1(CNC(=O)CCc2ccccc2)CCNCC1.Cl. The van der Waals surface area contributed by atoms with Crippen molar-refractivity contribution in [2.45, 2.75) is 32.6 Å². The van der Waals surface area contributed by atoms with Crippen molar-refractivity contribution >= 4 is 18.3 Å². The van der Waals surface area contributed by atoms with Crippen LogP contribution in [0.3, 0.4) is 0 Å². The number of carbonyl (C=O) groups is 1. The standard InChI is InChI=1S/C16H24N2O.ClH/c1-16(9-11-17-12-10-16)13-18-15(19)8-7-14-5-3-2-4-6-14;/h2-6,17H,7-13H2,1H3,(H,18,19);1H. The summed E-state index contributed by atoms with van der Waals surface area (Å²) in [5.41, 5.74) is 1.50. The first-order chi connectivity index (χ1) is 9.18. The molecule has 3 nitrogen and oxygen atoms in total. The number of hydrogen-bond donors (Lipinski definition) is 2. The molecule has 0 bridgehead atoms. The number of benzene rings is 1. The summed E-state index contributed by atoms with van der Waals surface area (Å²) in [4.78, 5) is 11.9. The molecule has 1 aliphatic rings. The molecule has 1 aromatic rings. The fourth-order valence-corrected chi connectivity index (χ4v) is 2.51. The Morgan fingerprint density at radius 1 is 1.25 bits per heavy atom. The van der Waals surface area contributed by atoms with Crippen LogP contribution < -0.4 is 10.6 Å². The van der Waals surface area contributed by atoms with E-state index in [1.807, 2.05) is 18.2 Å². The Balaban J connectivity index is 0.00000200. The molecule has 0 unspecified atom stereocenters. The first kappa shape index (κ1) is 17.0. The molecule has 0 radical (unpaired) electrons. The molecular weight excluding hydrogens is 272 g/mol. The van der Waals surface area contributed by atoms with E-state index in [9.17, 15) is 4.79 Å². The predicted molar refractivity (Wildman–Crippen MR) is 85.2 cm³/mol. The smallest absolute Gasteiger partial charge is 0.220 e. The van der Waals surface area contributed by atoms with Crippen molar-refractivity contribution in [1.82, 2.24) is 10.6 Å². The van der Waals surface area contributed by atoms with Crippen LogP contribution in [-0.4, -0.2) is 25.5 Å². The van der Waals surface area contributed by atoms with Crippen LogP contribution in [0.2, 0.25) is 0 Å². The van der Waals surface area contributed by atoms with E-state index in [-0.39, 0.29) is 23.7 Å². The molecule has 1 fully saturated rings. The highest BCUT2D eigenvalue weighted by Crippen LogP contribution is 2.26. The molecule has 20 heavy (non-hydrogen) atoms. The molecule has 2 rings (SSSR count). The third kappa shape index (κ3) is 5.51. The lowest BCUT2D eigenvalue weighted by atomic mass is 9.81. The lowest BCUT2D eigenvalue weighted by Crippen LogP contribution is -2.42. The zero-order chi connectivity index (χ0) is 13.6. The summed E-state index contributed by atoms with van der Waals surface area (Å²) in [5, 5.41) is 6.46. The predicted octanol–water partition coefficient (Wildman–Crippen LogP) is 2.55. The number of carbonyl (C=O) groups excluding carboxylic acids is 1. The van der Waals surface area contributed by atoms with Gasteiger partial charge in [-0.3, -0.25) is 4.79 Å². The largest absolute Gasteiger partial charge is 0.356 e. The summed E-state index contributed by atoms with van der Waals surface area (Å²) in [6.07, 6.45) is 3.70. The fraction of sp³-hybridized carbons (Fsp3) is 0.562. The van der Waals surface area contributed by atoms with E-state index in [2.05, 4.69) is 29.7 Å². The Morgan fingerprint density at radius 2 is 1.90 bits per heavy atom. The quantitative estimate of drug-likeness (QED) is 0.877. The molecule has 1 aromatic carbocycles. The molecular formula is C16H25ClN2O. The van der Waals surface area contributed by atoms with Crippen molar-refractivity contribution in [3.05, 3.63) is 35.9 Å². The lowest BCUT2D eigenvalue weighted by Gasteiger charge is -2.34. The second-order valence-corrected chi connectivity index (χ2v) is 5.82. The third-order valence-electron chi connectivity index (χ3n) is 4.01. The van der Waals surface area contributed by atoms with Gasteiger partial charge >= 0.3 is 0 Å². The molecule has 1 amide bonds. The van der Waals surface area contributed by atoms with Crippen molar-refractivity contribution < 1.29 is 4.79 Å². The normalized spacial score (nSPS) is 17.1. The topological polar surface area (TPSA) is 41.1 Å². The maximum absolute atomic E-state index is 11.9. The molecule has 4 heteroatoms. The maximum Gasteiger partial charge on any atom is 0.220 e. The average Bonchev–Trinajstić information content (AvgIpc) is 2.45. The van der Waals surface area contributed by atoms with Crippen molar-refractivity contribution in [1.29, 1.82) is 0 Å². The molecule has 1 heterocycles. The fourth-order valence-electron chi connectivity index (χ4n) is 2.51. The van der Waals surface area contributed by atoms with Gasteiger partial charge in [-0.15, -0.1) is 12.4 Å². The minimum Gasteiger partial charge on any atom is -0.356 e. The molecule has 0 aromatic heterocycles. The number of rotatable bonds is 5. The van der Waals surface area contributed by atoms with Gasteiger partial charge in [0.15, 0.2) is 0 Å². The summed E-state index contributed by atoms with van der Waals surface area (Å²) in [6.45, 7) is 5.21. The van der Waals surface area contributed by atoms with Gasteiger partial charge in [0.05, 0.1) is 0 Å². The number of piperidine rings is 1. The van der Waals surface area contributed by atoms with Gasteiger partial charge in [0.1, 0.15) is 0 Å². The highest BCUT2D eigenvalue weighted by Gasteiger charge is 2.26. The van der Waals surface area contributed by atoms with Gasteiger partial charge < -0.3 is 10.6 Å². The van der Waals surface area contributed by atoms with Crippen LogP contribution in [0, 0.1) is 5.41 Å². The average molecular weight is 297 g/mol. The summed E-state index contributed by atoms with van der Waals surface area (Å²) >= 11 is 0. The number of amides is 1. The van der Waals surface area contributed by atoms with E-state index in [0.717, 1.165) is 38.9 Å². The van der Waals surface area contributed by atoms with E-state index in [1.54, 1.807) is 0 Å². The van der Waals surface area contributed by atoms with Gasteiger partial charge in [-0.05, 0) is 43.3 Å². The summed E-state index contributed by atoms with van der Waals surface area (Å²) in [6, 6.07) is 10.2. The van der Waals surface area contributed by atoms with Gasteiger partial charge in [-0.1, -0.05) is 37.3 Å². The molecule has 112 valence electrons. The Hall–Kier alpha value is -1.06. The van der Waals surface area contributed by atoms with Crippen molar-refractivity contribution in [2.75, 3.05) is 19.6 Å². The Morgan fingerprint density at radius 3 is 2.55 bits per heavy atom. The van der Waals surface area contributed by atoms with E-state index in [4.69, 9.17) is 0 Å². The Kier molecular flexibility index (Phi) is 7.03. The first-order valence-corrected chi connectivity index (χ1v) is 7.19. The molecule has 0 aliphatic carbocycles. The van der Waals surface area contributed by atoms with Gasteiger partial charge in [0.25, 0.3) is 0 Å². The van der Waals surface area contributed by atoms with Crippen LogP contribution in [0.25, 0.3) is 0 Å². The van der Waals surface area contributed by atoms with Crippen LogP contribution in [0.4, 0.5) is 0 Å². The third-order valence-corrected chi connectivity index (χ3v) is 4.01. The van der Waals surface area contributed by atoms with Gasteiger partial charge in [-0.2, -0.15) is 0 Å². The molecule has 2 N–H and O–H groups in total. The van der Waals surface area contributed by atoms with E-state index in [1.165, 1.54) is 5.56 Å². The van der Waals surface area contributed by atoms with E-state index in [0.29, 0.717) is 6.42 Å². The highest BCUT2D eigenvalue weighted by molar-refractivity contribution is 5.85. The van der Waals surface area contributed by atoms with Crippen molar-refractivity contribution in [3.8, 4) is 0 Å². The monoisotopic (exact) mass is 296 g/mol. The molecule has 1 saturated heterocycles.